The summed E-state index contributed by atoms with van der Waals surface area (Å²) < 4.78 is 5.45. The highest BCUT2D eigenvalue weighted by Crippen LogP contribution is 2.26. The molecule has 112 valence electrons. The summed E-state index contributed by atoms with van der Waals surface area (Å²) in [6, 6.07) is 13.4. The summed E-state index contributed by atoms with van der Waals surface area (Å²) in [7, 11) is 3.74. The highest BCUT2D eigenvalue weighted by atomic mass is 16.5. The molecule has 2 aromatic rings. The maximum Gasteiger partial charge on any atom is 0.122 e. The van der Waals surface area contributed by atoms with Gasteiger partial charge in [0.2, 0.25) is 0 Å². The second kappa shape index (κ2) is 6.77. The Morgan fingerprint density at radius 3 is 2.38 bits per heavy atom. The Morgan fingerprint density at radius 2 is 1.71 bits per heavy atom. The molecule has 0 radical (unpaired) electrons. The Bertz CT molecular complexity index is 619. The predicted molar refractivity (Wildman–Crippen MR) is 89.2 cm³/mol. The summed E-state index contributed by atoms with van der Waals surface area (Å²) in [6.07, 6.45) is 0.982. The van der Waals surface area contributed by atoms with Crippen LogP contribution in [0.15, 0.2) is 36.4 Å². The topological polar surface area (TPSA) is 21.3 Å². The zero-order chi connectivity index (χ0) is 15.4. The summed E-state index contributed by atoms with van der Waals surface area (Å²) in [6.45, 7) is 6.39. The van der Waals surface area contributed by atoms with Gasteiger partial charge in [-0.3, -0.25) is 0 Å². The number of hydrogen-bond donors (Lipinski definition) is 1. The Hall–Kier alpha value is -1.80. The third-order valence-electron chi connectivity index (χ3n) is 4.11. The highest BCUT2D eigenvalue weighted by molar-refractivity contribution is 5.39. The minimum Gasteiger partial charge on any atom is -0.496 e. The van der Waals surface area contributed by atoms with Crippen molar-refractivity contribution >= 4 is 0 Å². The van der Waals surface area contributed by atoms with Gasteiger partial charge in [0.25, 0.3) is 0 Å². The van der Waals surface area contributed by atoms with E-state index < -0.39 is 0 Å². The van der Waals surface area contributed by atoms with Crippen molar-refractivity contribution in [2.75, 3.05) is 14.2 Å². The van der Waals surface area contributed by atoms with Gasteiger partial charge in [-0.2, -0.15) is 0 Å². The predicted octanol–water partition coefficient (Wildman–Crippen LogP) is 4.12. The lowest BCUT2D eigenvalue weighted by Gasteiger charge is -2.19. The third-order valence-corrected chi connectivity index (χ3v) is 4.11. The van der Waals surface area contributed by atoms with Gasteiger partial charge in [0.1, 0.15) is 5.75 Å². The van der Waals surface area contributed by atoms with Crippen molar-refractivity contribution in [3.8, 4) is 5.75 Å². The van der Waals surface area contributed by atoms with Crippen LogP contribution in [0.1, 0.15) is 33.9 Å². The van der Waals surface area contributed by atoms with E-state index in [1.54, 1.807) is 7.11 Å². The Kier molecular flexibility index (Phi) is 5.03. The molecule has 2 rings (SSSR count). The lowest BCUT2D eigenvalue weighted by molar-refractivity contribution is 0.410. The fraction of sp³-hybridized carbons (Fsp3) is 0.368. The molecule has 0 amide bonds. The molecule has 2 aromatic carbocycles. The summed E-state index contributed by atoms with van der Waals surface area (Å²) in [5.41, 5.74) is 6.49. The molecule has 1 N–H and O–H groups in total. The van der Waals surface area contributed by atoms with Crippen molar-refractivity contribution in [3.05, 3.63) is 64.2 Å². The van der Waals surface area contributed by atoms with Crippen LogP contribution >= 0.6 is 0 Å². The summed E-state index contributed by atoms with van der Waals surface area (Å²) in [5, 5.41) is 3.43. The first-order chi connectivity index (χ1) is 10.0. The molecule has 2 heteroatoms. The molecule has 0 aliphatic carbocycles. The first-order valence-electron chi connectivity index (χ1n) is 7.43. The molecule has 0 bridgehead atoms. The van der Waals surface area contributed by atoms with Gasteiger partial charge < -0.3 is 10.1 Å². The number of benzene rings is 2. The van der Waals surface area contributed by atoms with Gasteiger partial charge in [-0.05, 0) is 62.6 Å². The lowest BCUT2D eigenvalue weighted by atomic mass is 9.94. The van der Waals surface area contributed by atoms with Crippen LogP contribution in [0.4, 0.5) is 0 Å². The Balaban J connectivity index is 2.29. The van der Waals surface area contributed by atoms with E-state index >= 15 is 0 Å². The maximum absolute atomic E-state index is 5.45. The van der Waals surface area contributed by atoms with Crippen LogP contribution < -0.4 is 10.1 Å². The second-order valence-corrected chi connectivity index (χ2v) is 5.70. The van der Waals surface area contributed by atoms with E-state index in [2.05, 4.69) is 62.5 Å². The molecular weight excluding hydrogens is 258 g/mol. The van der Waals surface area contributed by atoms with Crippen molar-refractivity contribution in [3.63, 3.8) is 0 Å². The van der Waals surface area contributed by atoms with Gasteiger partial charge in [-0.1, -0.05) is 35.9 Å². The first kappa shape index (κ1) is 15.6. The van der Waals surface area contributed by atoms with Crippen LogP contribution in [0.2, 0.25) is 0 Å². The fourth-order valence-corrected chi connectivity index (χ4v) is 2.68. The molecule has 2 nitrogen and oxygen atoms in total. The monoisotopic (exact) mass is 283 g/mol. The molecule has 1 atom stereocenters. The number of aryl methyl sites for hydroxylation is 3. The van der Waals surface area contributed by atoms with Crippen LogP contribution in [0.3, 0.4) is 0 Å². The van der Waals surface area contributed by atoms with Crippen molar-refractivity contribution in [1.82, 2.24) is 5.32 Å². The molecule has 0 saturated carbocycles. The number of rotatable bonds is 5. The van der Waals surface area contributed by atoms with E-state index in [1.165, 1.54) is 27.8 Å². The minimum atomic E-state index is 0.292. The van der Waals surface area contributed by atoms with E-state index in [0.29, 0.717) is 6.04 Å². The minimum absolute atomic E-state index is 0.292. The molecule has 0 spiro atoms. The molecule has 1 unspecified atom stereocenters. The van der Waals surface area contributed by atoms with Gasteiger partial charge in [0.15, 0.2) is 0 Å². The maximum atomic E-state index is 5.45. The molecule has 21 heavy (non-hydrogen) atoms. The van der Waals surface area contributed by atoms with Crippen LogP contribution in [0.5, 0.6) is 5.75 Å². The van der Waals surface area contributed by atoms with Gasteiger partial charge in [0.05, 0.1) is 7.11 Å². The lowest BCUT2D eigenvalue weighted by Crippen LogP contribution is -2.19. The highest BCUT2D eigenvalue weighted by Gasteiger charge is 2.13. The van der Waals surface area contributed by atoms with Crippen molar-refractivity contribution in [1.29, 1.82) is 0 Å². The molecule has 0 heterocycles. The van der Waals surface area contributed by atoms with E-state index in [1.807, 2.05) is 7.05 Å². The summed E-state index contributed by atoms with van der Waals surface area (Å²) >= 11 is 0. The van der Waals surface area contributed by atoms with E-state index in [0.717, 1.165) is 12.2 Å². The van der Waals surface area contributed by atoms with Crippen LogP contribution in [0, 0.1) is 20.8 Å². The quantitative estimate of drug-likeness (QED) is 0.891. The molecule has 0 aromatic heterocycles. The normalized spacial score (nSPS) is 12.2. The van der Waals surface area contributed by atoms with Crippen LogP contribution in [-0.2, 0) is 6.42 Å². The zero-order valence-corrected chi connectivity index (χ0v) is 13.7. The van der Waals surface area contributed by atoms with Gasteiger partial charge in [-0.15, -0.1) is 0 Å². The molecule has 0 aliphatic rings. The average Bonchev–Trinajstić information content (AvgIpc) is 2.49. The summed E-state index contributed by atoms with van der Waals surface area (Å²) in [5.74, 6) is 0.953. The standard InChI is InChI=1S/C19H25NO/c1-13-6-7-14(2)17(10-13)11-18(20-4)16-9-8-15(3)19(12-16)21-5/h6-10,12,18,20H,11H2,1-5H3. The Labute approximate surface area is 128 Å². The molecular formula is C19H25NO. The van der Waals surface area contributed by atoms with Crippen LogP contribution in [-0.4, -0.2) is 14.2 Å². The summed E-state index contributed by atoms with van der Waals surface area (Å²) in [4.78, 5) is 0. The van der Waals surface area contributed by atoms with Gasteiger partial charge in [0, 0.05) is 6.04 Å². The van der Waals surface area contributed by atoms with Gasteiger partial charge in [-0.25, -0.2) is 0 Å². The third kappa shape index (κ3) is 3.64. The van der Waals surface area contributed by atoms with Crippen molar-refractivity contribution in [2.24, 2.45) is 0 Å². The molecule has 0 aliphatic heterocycles. The number of ether oxygens (including phenoxy) is 1. The molecule has 0 fully saturated rings. The smallest absolute Gasteiger partial charge is 0.122 e. The van der Waals surface area contributed by atoms with E-state index in [4.69, 9.17) is 4.74 Å². The SMILES string of the molecule is CNC(Cc1cc(C)ccc1C)c1ccc(C)c(OC)c1. The Morgan fingerprint density at radius 1 is 1.00 bits per heavy atom. The number of nitrogens with one attached hydrogen (secondary N) is 1. The first-order valence-corrected chi connectivity index (χ1v) is 7.43. The number of methoxy groups -OCH3 is 1. The fourth-order valence-electron chi connectivity index (χ4n) is 2.68. The van der Waals surface area contributed by atoms with Gasteiger partial charge >= 0.3 is 0 Å². The van der Waals surface area contributed by atoms with E-state index in [9.17, 15) is 0 Å². The zero-order valence-electron chi connectivity index (χ0n) is 13.7. The number of hydrogen-bond acceptors (Lipinski definition) is 2. The van der Waals surface area contributed by atoms with Crippen LogP contribution in [0.25, 0.3) is 0 Å². The largest absolute Gasteiger partial charge is 0.496 e. The molecule has 0 saturated heterocycles. The second-order valence-electron chi connectivity index (χ2n) is 5.70. The number of likely N-dealkylation sites (N-methyl/N-ethyl adjacent to an activating group) is 1. The van der Waals surface area contributed by atoms with E-state index in [-0.39, 0.29) is 0 Å². The van der Waals surface area contributed by atoms with Crippen molar-refractivity contribution in [2.45, 2.75) is 33.2 Å². The average molecular weight is 283 g/mol. The van der Waals surface area contributed by atoms with Crippen molar-refractivity contribution < 1.29 is 4.74 Å².